The van der Waals surface area contributed by atoms with Crippen molar-refractivity contribution in [2.24, 2.45) is 0 Å². The molecule has 0 saturated carbocycles. The van der Waals surface area contributed by atoms with Crippen LogP contribution in [0.1, 0.15) is 47.2 Å². The van der Waals surface area contributed by atoms with Crippen LogP contribution in [0.2, 0.25) is 0 Å². The molecule has 3 heteroatoms. The van der Waals surface area contributed by atoms with Gasteiger partial charge in [0.1, 0.15) is 11.5 Å². The van der Waals surface area contributed by atoms with Crippen molar-refractivity contribution in [2.45, 2.75) is 24.7 Å². The Morgan fingerprint density at radius 2 is 0.847 bits per heavy atom. The zero-order valence-corrected chi connectivity index (χ0v) is 32.8. The van der Waals surface area contributed by atoms with Crippen LogP contribution in [0.15, 0.2) is 194 Å². The molecule has 2 aliphatic carbocycles. The molecular formula is C56H38N2O. The highest BCUT2D eigenvalue weighted by atomic mass is 16.5. The van der Waals surface area contributed by atoms with Gasteiger partial charge in [-0.15, -0.1) is 0 Å². The Hall–Kier alpha value is -7.36. The first-order valence-electron chi connectivity index (χ1n) is 20.4. The molecule has 12 rings (SSSR count). The molecule has 2 heterocycles. The van der Waals surface area contributed by atoms with Gasteiger partial charge in [-0.1, -0.05) is 178 Å². The van der Waals surface area contributed by atoms with Crippen molar-refractivity contribution in [1.82, 2.24) is 9.97 Å². The van der Waals surface area contributed by atoms with Gasteiger partial charge in [0, 0.05) is 33.2 Å². The largest absolute Gasteiger partial charge is 0.457 e. The van der Waals surface area contributed by atoms with Gasteiger partial charge >= 0.3 is 0 Å². The standard InChI is InChI=1S/C56H38N2O/c1-55(2)44-23-11-8-19-39(44)42-30-28-37(33-48(42)55)50-34-51(58-54(57-50)35-16-4-3-5-17-35)43-22-7-6-18-38(43)36-29-31-53-49(32-36)56(47-26-14-15-27-52(47)59-53)45-24-12-9-20-40(45)41-21-10-13-25-46(41)56/h3-34H,1-2H3. The Bertz CT molecular complexity index is 3130. The van der Waals surface area contributed by atoms with E-state index in [2.05, 4.69) is 202 Å². The Morgan fingerprint density at radius 3 is 1.58 bits per heavy atom. The van der Waals surface area contributed by atoms with Gasteiger partial charge in [-0.2, -0.15) is 0 Å². The summed E-state index contributed by atoms with van der Waals surface area (Å²) < 4.78 is 6.78. The van der Waals surface area contributed by atoms with Gasteiger partial charge in [-0.05, 0) is 86.0 Å². The van der Waals surface area contributed by atoms with Gasteiger partial charge in [0.25, 0.3) is 0 Å². The minimum Gasteiger partial charge on any atom is -0.457 e. The Morgan fingerprint density at radius 1 is 0.339 bits per heavy atom. The van der Waals surface area contributed by atoms with E-state index in [1.807, 2.05) is 6.07 Å². The maximum Gasteiger partial charge on any atom is 0.160 e. The van der Waals surface area contributed by atoms with Crippen LogP contribution in [0.4, 0.5) is 0 Å². The number of benzene rings is 8. The molecule has 0 radical (unpaired) electrons. The van der Waals surface area contributed by atoms with E-state index in [-0.39, 0.29) is 5.41 Å². The van der Waals surface area contributed by atoms with Crippen LogP contribution < -0.4 is 4.74 Å². The second kappa shape index (κ2) is 12.6. The molecule has 1 aromatic heterocycles. The summed E-state index contributed by atoms with van der Waals surface area (Å²) in [5.74, 6) is 2.46. The third-order valence-corrected chi connectivity index (χ3v) is 13.0. The summed E-state index contributed by atoms with van der Waals surface area (Å²) in [5, 5.41) is 0. The van der Waals surface area contributed by atoms with Crippen LogP contribution in [0.3, 0.4) is 0 Å². The molecule has 0 unspecified atom stereocenters. The summed E-state index contributed by atoms with van der Waals surface area (Å²) in [6, 6.07) is 69.8. The van der Waals surface area contributed by atoms with E-state index in [1.165, 1.54) is 44.5 Å². The summed E-state index contributed by atoms with van der Waals surface area (Å²) in [4.78, 5) is 10.6. The molecule has 3 nitrogen and oxygen atoms in total. The average molecular weight is 755 g/mol. The van der Waals surface area contributed by atoms with Crippen LogP contribution in [0, 0.1) is 0 Å². The third-order valence-electron chi connectivity index (χ3n) is 13.0. The first-order valence-corrected chi connectivity index (χ1v) is 20.4. The molecule has 8 aromatic carbocycles. The zero-order chi connectivity index (χ0) is 39.3. The summed E-state index contributed by atoms with van der Waals surface area (Å²) in [6.45, 7) is 4.65. The van der Waals surface area contributed by atoms with Crippen molar-refractivity contribution in [2.75, 3.05) is 0 Å². The van der Waals surface area contributed by atoms with Crippen molar-refractivity contribution in [3.63, 3.8) is 0 Å². The van der Waals surface area contributed by atoms with Gasteiger partial charge in [-0.3, -0.25) is 0 Å². The molecule has 0 fully saturated rings. The molecule has 0 saturated heterocycles. The Balaban J connectivity index is 1.06. The second-order valence-corrected chi connectivity index (χ2v) is 16.5. The van der Waals surface area contributed by atoms with E-state index < -0.39 is 5.41 Å². The van der Waals surface area contributed by atoms with Crippen LogP contribution in [-0.4, -0.2) is 9.97 Å². The van der Waals surface area contributed by atoms with Crippen molar-refractivity contribution in [1.29, 1.82) is 0 Å². The highest BCUT2D eigenvalue weighted by Crippen LogP contribution is 2.62. The first kappa shape index (κ1) is 33.7. The fraction of sp³-hybridized carbons (Fsp3) is 0.0714. The molecule has 0 bridgehead atoms. The number of hydrogen-bond acceptors (Lipinski definition) is 3. The van der Waals surface area contributed by atoms with E-state index in [4.69, 9.17) is 14.7 Å². The molecule has 0 atom stereocenters. The van der Waals surface area contributed by atoms with Gasteiger partial charge < -0.3 is 4.74 Å². The maximum absolute atomic E-state index is 6.78. The summed E-state index contributed by atoms with van der Waals surface area (Å²) in [5.41, 5.74) is 19.0. The fourth-order valence-corrected chi connectivity index (χ4v) is 10.3. The molecule has 1 spiro atoms. The van der Waals surface area contributed by atoms with Crippen molar-refractivity contribution >= 4 is 0 Å². The van der Waals surface area contributed by atoms with E-state index in [0.717, 1.165) is 61.8 Å². The van der Waals surface area contributed by atoms with E-state index in [9.17, 15) is 0 Å². The minimum atomic E-state index is -0.550. The van der Waals surface area contributed by atoms with E-state index in [1.54, 1.807) is 0 Å². The summed E-state index contributed by atoms with van der Waals surface area (Å²) >= 11 is 0. The number of fused-ring (bicyclic) bond motifs is 12. The molecule has 1 aliphatic heterocycles. The molecule has 0 amide bonds. The van der Waals surface area contributed by atoms with Gasteiger partial charge in [-0.25, -0.2) is 9.97 Å². The lowest BCUT2D eigenvalue weighted by Crippen LogP contribution is -2.32. The number of nitrogens with zero attached hydrogens (tertiary/aromatic N) is 2. The quantitative estimate of drug-likeness (QED) is 0.179. The lowest BCUT2D eigenvalue weighted by atomic mass is 9.65. The molecule has 3 aliphatic rings. The minimum absolute atomic E-state index is 0.124. The first-order chi connectivity index (χ1) is 29.0. The number of aromatic nitrogens is 2. The zero-order valence-electron chi connectivity index (χ0n) is 32.8. The van der Waals surface area contributed by atoms with Crippen LogP contribution in [0.25, 0.3) is 67.3 Å². The van der Waals surface area contributed by atoms with Crippen LogP contribution in [-0.2, 0) is 10.8 Å². The number of rotatable bonds is 4. The SMILES string of the molecule is CC1(C)c2ccccc2-c2ccc(-c3cc(-c4ccccc4-c4ccc5c(c4)C4(c6ccccc6O5)c5ccccc5-c5ccccc54)nc(-c4ccccc4)n3)cc21. The van der Waals surface area contributed by atoms with Crippen molar-refractivity contribution in [3.8, 4) is 78.8 Å². The highest BCUT2D eigenvalue weighted by molar-refractivity contribution is 5.91. The predicted octanol–water partition coefficient (Wildman–Crippen LogP) is 13.9. The average Bonchev–Trinajstić information content (AvgIpc) is 3.72. The molecule has 0 N–H and O–H groups in total. The molecule has 278 valence electrons. The number of para-hydroxylation sites is 1. The van der Waals surface area contributed by atoms with Crippen LogP contribution >= 0.6 is 0 Å². The summed E-state index contributed by atoms with van der Waals surface area (Å²) in [7, 11) is 0. The van der Waals surface area contributed by atoms with Crippen LogP contribution in [0.5, 0.6) is 11.5 Å². The van der Waals surface area contributed by atoms with E-state index in [0.29, 0.717) is 5.82 Å². The number of ether oxygens (including phenoxy) is 1. The monoisotopic (exact) mass is 754 g/mol. The molecular weight excluding hydrogens is 717 g/mol. The Labute approximate surface area is 344 Å². The summed E-state index contributed by atoms with van der Waals surface area (Å²) in [6.07, 6.45) is 0. The molecule has 59 heavy (non-hydrogen) atoms. The molecule has 9 aromatic rings. The van der Waals surface area contributed by atoms with Gasteiger partial charge in [0.2, 0.25) is 0 Å². The third kappa shape index (κ3) is 4.82. The lowest BCUT2D eigenvalue weighted by molar-refractivity contribution is 0.436. The second-order valence-electron chi connectivity index (χ2n) is 16.5. The topological polar surface area (TPSA) is 35.0 Å². The van der Waals surface area contributed by atoms with E-state index >= 15 is 0 Å². The fourth-order valence-electron chi connectivity index (χ4n) is 10.3. The van der Waals surface area contributed by atoms with Crippen molar-refractivity contribution < 1.29 is 4.74 Å². The van der Waals surface area contributed by atoms with Gasteiger partial charge in [0.15, 0.2) is 5.82 Å². The lowest BCUT2D eigenvalue weighted by Gasteiger charge is -2.39. The highest BCUT2D eigenvalue weighted by Gasteiger charge is 2.51. The maximum atomic E-state index is 6.78. The van der Waals surface area contributed by atoms with Crippen molar-refractivity contribution in [3.05, 3.63) is 228 Å². The van der Waals surface area contributed by atoms with Gasteiger partial charge in [0.05, 0.1) is 16.8 Å². The smallest absolute Gasteiger partial charge is 0.160 e. The number of hydrogen-bond donors (Lipinski definition) is 0. The predicted molar refractivity (Wildman–Crippen MR) is 239 cm³/mol. The normalized spacial score (nSPS) is 14.3. The Kier molecular flexibility index (Phi) is 7.19.